The third kappa shape index (κ3) is 5.40. The Balaban J connectivity index is 1.79. The predicted octanol–water partition coefficient (Wildman–Crippen LogP) is 2.94. The minimum atomic E-state index is -0.424. The number of halogens is 1. The van der Waals surface area contributed by atoms with E-state index in [-0.39, 0.29) is 6.54 Å². The van der Waals surface area contributed by atoms with Gasteiger partial charge in [-0.2, -0.15) is 5.10 Å². The maximum Gasteiger partial charge on any atom is 0.259 e. The molecule has 0 aliphatic heterocycles. The number of carbonyl (C=O) groups is 2. The maximum absolute atomic E-state index is 11.9. The Morgan fingerprint density at radius 2 is 1.88 bits per heavy atom. The number of amides is 2. The lowest BCUT2D eigenvalue weighted by Crippen LogP contribution is -2.35. The Bertz CT molecular complexity index is 748. The smallest absolute Gasteiger partial charge is 0.259 e. The molecule has 24 heavy (non-hydrogen) atoms. The number of benzene rings is 2. The van der Waals surface area contributed by atoms with Gasteiger partial charge in [0.25, 0.3) is 11.8 Å². The SMILES string of the molecule is CSc1ccc(C=NNC(=O)CNC(=O)c2ccccc2Cl)cc1. The summed E-state index contributed by atoms with van der Waals surface area (Å²) in [7, 11) is 0. The average molecular weight is 362 g/mol. The minimum Gasteiger partial charge on any atom is -0.343 e. The van der Waals surface area contributed by atoms with Crippen LogP contribution in [0.1, 0.15) is 15.9 Å². The normalized spacial score (nSPS) is 10.6. The van der Waals surface area contributed by atoms with Crippen LogP contribution in [0.2, 0.25) is 5.02 Å². The van der Waals surface area contributed by atoms with Crippen molar-refractivity contribution in [2.75, 3.05) is 12.8 Å². The Morgan fingerprint density at radius 3 is 2.54 bits per heavy atom. The summed E-state index contributed by atoms with van der Waals surface area (Å²) in [5.41, 5.74) is 3.55. The third-order valence-corrected chi connectivity index (χ3v) is 4.12. The van der Waals surface area contributed by atoms with Gasteiger partial charge in [-0.3, -0.25) is 9.59 Å². The molecule has 0 unspecified atom stereocenters. The van der Waals surface area contributed by atoms with Crippen LogP contribution in [0.3, 0.4) is 0 Å². The molecule has 0 saturated heterocycles. The van der Waals surface area contributed by atoms with E-state index in [9.17, 15) is 9.59 Å². The number of nitrogens with zero attached hydrogens (tertiary/aromatic N) is 1. The van der Waals surface area contributed by atoms with Crippen LogP contribution in [-0.4, -0.2) is 30.8 Å². The van der Waals surface area contributed by atoms with Crippen LogP contribution in [0.5, 0.6) is 0 Å². The molecule has 2 aromatic carbocycles. The lowest BCUT2D eigenvalue weighted by atomic mass is 10.2. The quantitative estimate of drug-likeness (QED) is 0.472. The summed E-state index contributed by atoms with van der Waals surface area (Å²) in [6.45, 7) is -0.188. The first-order valence-corrected chi connectivity index (χ1v) is 8.69. The second kappa shape index (κ2) is 9.10. The van der Waals surface area contributed by atoms with Gasteiger partial charge in [0.05, 0.1) is 23.3 Å². The van der Waals surface area contributed by atoms with Gasteiger partial charge in [-0.1, -0.05) is 35.9 Å². The zero-order valence-electron chi connectivity index (χ0n) is 13.0. The predicted molar refractivity (Wildman–Crippen MR) is 97.7 cm³/mol. The fraction of sp³-hybridized carbons (Fsp3) is 0.118. The molecule has 0 radical (unpaired) electrons. The monoisotopic (exact) mass is 361 g/mol. The highest BCUT2D eigenvalue weighted by Gasteiger charge is 2.10. The lowest BCUT2D eigenvalue weighted by molar-refractivity contribution is -0.120. The highest BCUT2D eigenvalue weighted by atomic mass is 35.5. The van der Waals surface area contributed by atoms with Crippen LogP contribution in [0.25, 0.3) is 0 Å². The second-order valence-electron chi connectivity index (χ2n) is 4.73. The van der Waals surface area contributed by atoms with Gasteiger partial charge in [-0.05, 0) is 36.1 Å². The molecule has 0 aromatic heterocycles. The number of hydrogen-bond donors (Lipinski definition) is 2. The van der Waals surface area contributed by atoms with Crippen molar-refractivity contribution in [2.24, 2.45) is 5.10 Å². The summed E-state index contributed by atoms with van der Waals surface area (Å²) in [6.07, 6.45) is 3.54. The van der Waals surface area contributed by atoms with Gasteiger partial charge in [0.15, 0.2) is 0 Å². The van der Waals surface area contributed by atoms with Crippen molar-refractivity contribution in [3.05, 3.63) is 64.7 Å². The van der Waals surface area contributed by atoms with Crippen molar-refractivity contribution in [1.82, 2.24) is 10.7 Å². The molecular weight excluding hydrogens is 346 g/mol. The first-order chi connectivity index (χ1) is 11.6. The van der Waals surface area contributed by atoms with Gasteiger partial charge >= 0.3 is 0 Å². The van der Waals surface area contributed by atoms with Gasteiger partial charge in [0.2, 0.25) is 0 Å². The van der Waals surface area contributed by atoms with Crippen LogP contribution in [0.15, 0.2) is 58.5 Å². The Kier molecular flexibility index (Phi) is 6.84. The second-order valence-corrected chi connectivity index (χ2v) is 6.02. The number of hydrogen-bond acceptors (Lipinski definition) is 4. The molecule has 0 bridgehead atoms. The topological polar surface area (TPSA) is 70.6 Å². The third-order valence-electron chi connectivity index (χ3n) is 3.05. The number of nitrogens with one attached hydrogen (secondary N) is 2. The molecule has 0 aliphatic carbocycles. The van der Waals surface area contributed by atoms with Gasteiger partial charge < -0.3 is 5.32 Å². The molecule has 0 saturated carbocycles. The van der Waals surface area contributed by atoms with Crippen molar-refractivity contribution in [3.8, 4) is 0 Å². The van der Waals surface area contributed by atoms with E-state index in [1.54, 1.807) is 36.0 Å². The van der Waals surface area contributed by atoms with E-state index < -0.39 is 11.8 Å². The first kappa shape index (κ1) is 18.0. The zero-order chi connectivity index (χ0) is 17.4. The lowest BCUT2D eigenvalue weighted by Gasteiger charge is -2.05. The summed E-state index contributed by atoms with van der Waals surface area (Å²) in [6, 6.07) is 14.4. The molecule has 0 heterocycles. The molecule has 0 aliphatic rings. The number of hydrazone groups is 1. The van der Waals surface area contributed by atoms with Gasteiger partial charge in [0.1, 0.15) is 0 Å². The molecule has 124 valence electrons. The summed E-state index contributed by atoms with van der Waals surface area (Å²) >= 11 is 7.57. The van der Waals surface area contributed by atoms with Crippen molar-refractivity contribution in [2.45, 2.75) is 4.90 Å². The van der Waals surface area contributed by atoms with Crippen molar-refractivity contribution in [3.63, 3.8) is 0 Å². The summed E-state index contributed by atoms with van der Waals surface area (Å²) in [5.74, 6) is -0.834. The number of thioether (sulfide) groups is 1. The molecule has 2 amide bonds. The molecule has 2 N–H and O–H groups in total. The largest absolute Gasteiger partial charge is 0.343 e. The van der Waals surface area contributed by atoms with Crippen molar-refractivity contribution in [1.29, 1.82) is 0 Å². The summed E-state index contributed by atoms with van der Waals surface area (Å²) < 4.78 is 0. The van der Waals surface area contributed by atoms with Gasteiger partial charge in [-0.25, -0.2) is 5.43 Å². The van der Waals surface area contributed by atoms with Crippen molar-refractivity contribution < 1.29 is 9.59 Å². The Morgan fingerprint density at radius 1 is 1.17 bits per heavy atom. The van der Waals surface area contributed by atoms with E-state index in [0.717, 1.165) is 10.5 Å². The van der Waals surface area contributed by atoms with E-state index in [1.807, 2.05) is 30.5 Å². The highest BCUT2D eigenvalue weighted by molar-refractivity contribution is 7.98. The maximum atomic E-state index is 11.9. The molecule has 7 heteroatoms. The summed E-state index contributed by atoms with van der Waals surface area (Å²) in [5, 5.41) is 6.68. The fourth-order valence-electron chi connectivity index (χ4n) is 1.81. The molecule has 0 fully saturated rings. The van der Waals surface area contributed by atoms with Crippen LogP contribution >= 0.6 is 23.4 Å². The number of rotatable bonds is 6. The fourth-order valence-corrected chi connectivity index (χ4v) is 2.44. The van der Waals surface area contributed by atoms with Gasteiger partial charge in [0, 0.05) is 4.90 Å². The standard InChI is InChI=1S/C17H16ClN3O2S/c1-24-13-8-6-12(7-9-13)10-20-21-16(22)11-19-17(23)14-4-2-3-5-15(14)18/h2-10H,11H2,1H3,(H,19,23)(H,21,22). The average Bonchev–Trinajstić information content (AvgIpc) is 2.60. The molecular formula is C17H16ClN3O2S. The van der Waals surface area contributed by atoms with E-state index >= 15 is 0 Å². The van der Waals surface area contributed by atoms with Crippen LogP contribution in [-0.2, 0) is 4.79 Å². The van der Waals surface area contributed by atoms with E-state index in [4.69, 9.17) is 11.6 Å². The first-order valence-electron chi connectivity index (χ1n) is 7.09. The van der Waals surface area contributed by atoms with E-state index in [1.165, 1.54) is 6.21 Å². The number of carbonyl (C=O) groups excluding carboxylic acids is 2. The van der Waals surface area contributed by atoms with Gasteiger partial charge in [-0.15, -0.1) is 11.8 Å². The Labute approximate surface area is 149 Å². The van der Waals surface area contributed by atoms with Crippen LogP contribution in [0, 0.1) is 0 Å². The molecule has 0 spiro atoms. The van der Waals surface area contributed by atoms with Crippen molar-refractivity contribution >= 4 is 41.4 Å². The van der Waals surface area contributed by atoms with Crippen LogP contribution < -0.4 is 10.7 Å². The molecule has 5 nitrogen and oxygen atoms in total. The molecule has 2 rings (SSSR count). The zero-order valence-corrected chi connectivity index (χ0v) is 14.5. The van der Waals surface area contributed by atoms with E-state index in [0.29, 0.717) is 10.6 Å². The van der Waals surface area contributed by atoms with Crippen LogP contribution in [0.4, 0.5) is 0 Å². The molecule has 2 aromatic rings. The Hall–Kier alpha value is -2.31. The highest BCUT2D eigenvalue weighted by Crippen LogP contribution is 2.14. The molecule has 0 atom stereocenters. The van der Waals surface area contributed by atoms with E-state index in [2.05, 4.69) is 15.8 Å². The summed E-state index contributed by atoms with van der Waals surface area (Å²) in [4.78, 5) is 24.7. The minimum absolute atomic E-state index is 0.188.